The van der Waals surface area contributed by atoms with E-state index in [9.17, 15) is 28.4 Å². The molecule has 2 aromatic rings. The van der Waals surface area contributed by atoms with Gasteiger partial charge < -0.3 is 20.5 Å². The molecule has 0 spiro atoms. The Morgan fingerprint density at radius 1 is 1.31 bits per heavy atom. The Hall–Kier alpha value is -3.48. The molecule has 10 heteroatoms. The van der Waals surface area contributed by atoms with Crippen molar-refractivity contribution < 1.29 is 23.2 Å². The van der Waals surface area contributed by atoms with E-state index in [1.807, 2.05) is 25.1 Å². The van der Waals surface area contributed by atoms with Crippen molar-refractivity contribution in [3.8, 4) is 6.07 Å². The second kappa shape index (κ2) is 8.63. The number of amides is 3. The van der Waals surface area contributed by atoms with Crippen molar-refractivity contribution in [2.24, 2.45) is 11.8 Å². The fraction of sp³-hybridized carbons (Fsp3) is 0.520. The van der Waals surface area contributed by atoms with Gasteiger partial charge in [-0.25, -0.2) is 8.78 Å². The zero-order valence-electron chi connectivity index (χ0n) is 19.3. The highest BCUT2D eigenvalue weighted by Crippen LogP contribution is 2.49. The minimum Gasteiger partial charge on any atom is -0.358 e. The lowest BCUT2D eigenvalue weighted by molar-refractivity contribution is -0.179. The summed E-state index contributed by atoms with van der Waals surface area (Å²) in [5, 5.41) is 15.7. The average Bonchev–Trinajstić information content (AvgIpc) is 3.40. The number of benzene rings is 1. The van der Waals surface area contributed by atoms with E-state index in [1.165, 1.54) is 4.90 Å². The summed E-state index contributed by atoms with van der Waals surface area (Å²) in [6.07, 6.45) is 0.660. The highest BCUT2D eigenvalue weighted by molar-refractivity contribution is 6.07. The number of aryl methyl sites for hydroxylation is 1. The normalized spacial score (nSPS) is 27.9. The number of carbonyl (C=O) groups excluding carboxylic acids is 3. The quantitative estimate of drug-likeness (QED) is 0.606. The van der Waals surface area contributed by atoms with Gasteiger partial charge in [-0.15, -0.1) is 0 Å². The first-order valence-electron chi connectivity index (χ1n) is 12.0. The molecule has 6 rings (SSSR count). The molecule has 5 atom stereocenters. The second-order valence-corrected chi connectivity index (χ2v) is 9.88. The Kier molecular flexibility index (Phi) is 5.74. The van der Waals surface area contributed by atoms with Crippen LogP contribution >= 0.6 is 0 Å². The molecule has 0 unspecified atom stereocenters. The molecule has 1 saturated carbocycles. The van der Waals surface area contributed by atoms with Crippen molar-refractivity contribution in [2.45, 2.75) is 63.1 Å². The molecule has 3 amide bonds. The predicted molar refractivity (Wildman–Crippen MR) is 122 cm³/mol. The Labute approximate surface area is 201 Å². The number of alkyl halides is 2. The molecule has 1 aromatic carbocycles. The number of carbonyl (C=O) groups is 3. The van der Waals surface area contributed by atoms with Crippen LogP contribution in [0.1, 0.15) is 48.2 Å². The maximum Gasteiger partial charge on any atom is 0.256 e. The largest absolute Gasteiger partial charge is 0.358 e. The fourth-order valence-electron chi connectivity index (χ4n) is 5.97. The molecule has 1 aromatic heterocycles. The smallest absolute Gasteiger partial charge is 0.256 e. The molecule has 35 heavy (non-hydrogen) atoms. The molecule has 4 aliphatic rings. The Morgan fingerprint density at radius 3 is 2.80 bits per heavy atom. The SMILES string of the molecule is Cc1cc2cccc(C(=O)N3[C@@H]4CC[C@H]([C@H]3C(=O)N[C@H](C#N)C[C@@H]3CCNC3=O)C(F)(F)C4)c2[nH]1. The standard InChI is InChI=1S/C25H27F2N5O3/c1-13-9-14-3-2-4-18(20(14)30-13)24(35)32-17-5-6-19(25(26,27)11-17)21(32)23(34)31-16(12-28)10-15-7-8-29-22(15)33/h2-4,9,15-17,19,21,30H,5-8,10-11H2,1H3,(H,29,33)(H,31,34)/t15-,16-,17+,19+,21-/m0/s1. The molecule has 3 aliphatic heterocycles. The van der Waals surface area contributed by atoms with Gasteiger partial charge in [0.1, 0.15) is 12.1 Å². The van der Waals surface area contributed by atoms with E-state index >= 15 is 0 Å². The van der Waals surface area contributed by atoms with Crippen LogP contribution in [0, 0.1) is 30.1 Å². The van der Waals surface area contributed by atoms with Gasteiger partial charge >= 0.3 is 0 Å². The van der Waals surface area contributed by atoms with Crippen LogP contribution in [-0.2, 0) is 9.59 Å². The van der Waals surface area contributed by atoms with Gasteiger partial charge in [-0.1, -0.05) is 12.1 Å². The summed E-state index contributed by atoms with van der Waals surface area (Å²) in [6, 6.07) is 5.88. The van der Waals surface area contributed by atoms with Crippen molar-refractivity contribution in [3.05, 3.63) is 35.5 Å². The number of nitrogens with one attached hydrogen (secondary N) is 3. The highest BCUT2D eigenvalue weighted by atomic mass is 19.3. The number of para-hydroxylation sites is 1. The van der Waals surface area contributed by atoms with E-state index in [2.05, 4.69) is 15.6 Å². The molecule has 3 saturated heterocycles. The maximum atomic E-state index is 15.0. The minimum atomic E-state index is -3.09. The van der Waals surface area contributed by atoms with Crippen LogP contribution in [0.4, 0.5) is 8.78 Å². The highest BCUT2D eigenvalue weighted by Gasteiger charge is 2.60. The number of rotatable bonds is 5. The number of halogens is 2. The maximum absolute atomic E-state index is 15.0. The lowest BCUT2D eigenvalue weighted by Gasteiger charge is -2.53. The number of hydrogen-bond acceptors (Lipinski definition) is 4. The number of piperidine rings is 2. The van der Waals surface area contributed by atoms with E-state index in [1.54, 1.807) is 12.1 Å². The van der Waals surface area contributed by atoms with Gasteiger partial charge in [0.05, 0.1) is 23.1 Å². The van der Waals surface area contributed by atoms with Gasteiger partial charge in [-0.3, -0.25) is 14.4 Å². The van der Waals surface area contributed by atoms with Crippen molar-refractivity contribution in [1.29, 1.82) is 5.26 Å². The number of nitriles is 1. The van der Waals surface area contributed by atoms with Crippen LogP contribution in [0.3, 0.4) is 0 Å². The Morgan fingerprint density at radius 2 is 2.11 bits per heavy atom. The number of nitrogens with zero attached hydrogens (tertiary/aromatic N) is 2. The summed E-state index contributed by atoms with van der Waals surface area (Å²) < 4.78 is 29.9. The van der Waals surface area contributed by atoms with Gasteiger partial charge in [-0.05, 0) is 44.7 Å². The molecule has 4 heterocycles. The van der Waals surface area contributed by atoms with Gasteiger partial charge in [-0.2, -0.15) is 5.26 Å². The topological polar surface area (TPSA) is 118 Å². The predicted octanol–water partition coefficient (Wildman–Crippen LogP) is 2.64. The van der Waals surface area contributed by atoms with E-state index in [-0.39, 0.29) is 18.7 Å². The number of aromatic nitrogens is 1. The summed E-state index contributed by atoms with van der Waals surface area (Å²) in [5.41, 5.74) is 1.78. The first-order valence-corrected chi connectivity index (χ1v) is 12.0. The number of H-pyrrole nitrogens is 1. The summed E-state index contributed by atoms with van der Waals surface area (Å²) in [6.45, 7) is 2.36. The van der Waals surface area contributed by atoms with Crippen LogP contribution in [0.25, 0.3) is 10.9 Å². The molecular formula is C25H27F2N5O3. The molecule has 3 N–H and O–H groups in total. The molecule has 2 bridgehead atoms. The Balaban J connectivity index is 1.45. The van der Waals surface area contributed by atoms with Gasteiger partial charge in [0, 0.05) is 36.0 Å². The number of aromatic amines is 1. The molecular weight excluding hydrogens is 456 g/mol. The monoisotopic (exact) mass is 483 g/mol. The van der Waals surface area contributed by atoms with Crippen molar-refractivity contribution >= 4 is 28.6 Å². The van der Waals surface area contributed by atoms with E-state index in [0.717, 1.165) is 11.1 Å². The third-order valence-corrected chi connectivity index (χ3v) is 7.62. The fourth-order valence-corrected chi connectivity index (χ4v) is 5.97. The van der Waals surface area contributed by atoms with E-state index in [4.69, 9.17) is 0 Å². The zero-order valence-corrected chi connectivity index (χ0v) is 19.3. The zero-order chi connectivity index (χ0) is 24.9. The molecule has 1 aliphatic carbocycles. The van der Waals surface area contributed by atoms with Gasteiger partial charge in [0.2, 0.25) is 11.8 Å². The summed E-state index contributed by atoms with van der Waals surface area (Å²) >= 11 is 0. The molecule has 184 valence electrons. The number of fused-ring (bicyclic) bond motifs is 4. The average molecular weight is 484 g/mol. The molecule has 0 radical (unpaired) electrons. The van der Waals surface area contributed by atoms with Crippen LogP contribution < -0.4 is 10.6 Å². The summed E-state index contributed by atoms with van der Waals surface area (Å²) in [5.74, 6) is -6.29. The molecule has 8 nitrogen and oxygen atoms in total. The van der Waals surface area contributed by atoms with Gasteiger partial charge in [0.15, 0.2) is 0 Å². The van der Waals surface area contributed by atoms with Crippen LogP contribution in [-0.4, -0.2) is 58.2 Å². The summed E-state index contributed by atoms with van der Waals surface area (Å²) in [4.78, 5) is 43.6. The first kappa shape index (κ1) is 23.3. The van der Waals surface area contributed by atoms with E-state index < -0.39 is 54.1 Å². The number of hydrogen-bond donors (Lipinski definition) is 3. The lowest BCUT2D eigenvalue weighted by Crippen LogP contribution is -2.68. The third-order valence-electron chi connectivity index (χ3n) is 7.62. The van der Waals surface area contributed by atoms with E-state index in [0.29, 0.717) is 30.5 Å². The summed E-state index contributed by atoms with van der Waals surface area (Å²) in [7, 11) is 0. The minimum absolute atomic E-state index is 0.0975. The van der Waals surface area contributed by atoms with Crippen molar-refractivity contribution in [1.82, 2.24) is 20.5 Å². The lowest BCUT2D eigenvalue weighted by atomic mass is 9.71. The van der Waals surface area contributed by atoms with Crippen LogP contribution in [0.15, 0.2) is 24.3 Å². The van der Waals surface area contributed by atoms with Crippen LogP contribution in [0.2, 0.25) is 0 Å². The molecule has 4 fully saturated rings. The van der Waals surface area contributed by atoms with Gasteiger partial charge in [0.25, 0.3) is 11.8 Å². The van der Waals surface area contributed by atoms with Crippen molar-refractivity contribution in [3.63, 3.8) is 0 Å². The van der Waals surface area contributed by atoms with Crippen molar-refractivity contribution in [2.75, 3.05) is 6.54 Å². The first-order chi connectivity index (χ1) is 16.7. The van der Waals surface area contributed by atoms with Crippen LogP contribution in [0.5, 0.6) is 0 Å². The third kappa shape index (κ3) is 4.03. The Bertz CT molecular complexity index is 1240. The second-order valence-electron chi connectivity index (χ2n) is 9.88.